The van der Waals surface area contributed by atoms with Gasteiger partial charge >= 0.3 is 0 Å². The lowest BCUT2D eigenvalue weighted by molar-refractivity contribution is 0.551. The van der Waals surface area contributed by atoms with Crippen LogP contribution in [0.25, 0.3) is 20.4 Å². The first-order valence-corrected chi connectivity index (χ1v) is 9.54. The Kier molecular flexibility index (Phi) is 4.13. The summed E-state index contributed by atoms with van der Waals surface area (Å²) in [5, 5.41) is 9.41. The molecule has 4 rings (SSSR count). The van der Waals surface area contributed by atoms with E-state index < -0.39 is 0 Å². The zero-order chi connectivity index (χ0) is 17.6. The molecule has 0 spiro atoms. The molecule has 0 atom stereocenters. The highest BCUT2D eigenvalue weighted by Gasteiger charge is 2.18. The van der Waals surface area contributed by atoms with E-state index in [1.165, 1.54) is 21.6 Å². The molecule has 3 heterocycles. The summed E-state index contributed by atoms with van der Waals surface area (Å²) in [6.45, 7) is 4.47. The SMILES string of the molecule is Cc1nc2sc3c(=O)n(CCc4ccccc4)nnc3c2c(C)c1Br. The van der Waals surface area contributed by atoms with Crippen LogP contribution in [-0.4, -0.2) is 20.0 Å². The van der Waals surface area contributed by atoms with Crippen LogP contribution in [0.2, 0.25) is 0 Å². The highest BCUT2D eigenvalue weighted by Crippen LogP contribution is 2.35. The minimum Gasteiger partial charge on any atom is -0.266 e. The predicted octanol–water partition coefficient (Wildman–Crippen LogP) is 4.02. The molecule has 0 aliphatic rings. The van der Waals surface area contributed by atoms with Gasteiger partial charge in [-0.1, -0.05) is 35.5 Å². The van der Waals surface area contributed by atoms with Gasteiger partial charge in [0, 0.05) is 9.86 Å². The van der Waals surface area contributed by atoms with Gasteiger partial charge in [-0.05, 0) is 47.3 Å². The van der Waals surface area contributed by atoms with Crippen molar-refractivity contribution in [3.63, 3.8) is 0 Å². The van der Waals surface area contributed by atoms with Crippen molar-refractivity contribution in [2.45, 2.75) is 26.8 Å². The third kappa shape index (κ3) is 2.77. The molecule has 0 amide bonds. The van der Waals surface area contributed by atoms with Crippen LogP contribution in [0.3, 0.4) is 0 Å². The largest absolute Gasteiger partial charge is 0.287 e. The highest BCUT2D eigenvalue weighted by molar-refractivity contribution is 9.10. The average Bonchev–Trinajstić information content (AvgIpc) is 2.99. The fraction of sp³-hybridized carbons (Fsp3) is 0.222. The van der Waals surface area contributed by atoms with Gasteiger partial charge in [-0.25, -0.2) is 9.67 Å². The van der Waals surface area contributed by atoms with E-state index in [0.717, 1.165) is 32.4 Å². The fourth-order valence-corrected chi connectivity index (χ4v) is 4.38. The number of nitrogens with zero attached hydrogens (tertiary/aromatic N) is 4. The molecular formula is C18H15BrN4OS. The standard InChI is InChI=1S/C18H15BrN4OS/c1-10-13-15-16(25-17(13)20-11(2)14(10)19)18(24)23(22-21-15)9-8-12-6-4-3-5-7-12/h3-7H,8-9H2,1-2H3. The van der Waals surface area contributed by atoms with E-state index in [2.05, 4.69) is 31.2 Å². The highest BCUT2D eigenvalue weighted by atomic mass is 79.9. The van der Waals surface area contributed by atoms with Crippen LogP contribution in [0.5, 0.6) is 0 Å². The van der Waals surface area contributed by atoms with E-state index in [0.29, 0.717) is 16.8 Å². The van der Waals surface area contributed by atoms with Crippen molar-refractivity contribution < 1.29 is 0 Å². The van der Waals surface area contributed by atoms with Gasteiger partial charge in [-0.2, -0.15) is 0 Å². The molecule has 126 valence electrons. The van der Waals surface area contributed by atoms with Crippen molar-refractivity contribution in [2.24, 2.45) is 0 Å². The van der Waals surface area contributed by atoms with Crippen molar-refractivity contribution in [1.82, 2.24) is 20.0 Å². The monoisotopic (exact) mass is 414 g/mol. The van der Waals surface area contributed by atoms with Crippen LogP contribution in [0, 0.1) is 13.8 Å². The van der Waals surface area contributed by atoms with Gasteiger partial charge in [-0.15, -0.1) is 16.4 Å². The topological polar surface area (TPSA) is 60.7 Å². The molecule has 0 N–H and O–H groups in total. The summed E-state index contributed by atoms with van der Waals surface area (Å²) in [7, 11) is 0. The summed E-state index contributed by atoms with van der Waals surface area (Å²) in [5.74, 6) is 0. The molecule has 3 aromatic heterocycles. The van der Waals surface area contributed by atoms with Crippen molar-refractivity contribution in [2.75, 3.05) is 0 Å². The maximum Gasteiger partial charge on any atom is 0.287 e. The summed E-state index contributed by atoms with van der Waals surface area (Å²) in [6.07, 6.45) is 0.744. The molecule has 0 radical (unpaired) electrons. The van der Waals surface area contributed by atoms with Crippen LogP contribution in [0.15, 0.2) is 39.6 Å². The Balaban J connectivity index is 1.82. The minimum absolute atomic E-state index is 0.0999. The molecule has 0 saturated carbocycles. The van der Waals surface area contributed by atoms with Crippen LogP contribution >= 0.6 is 27.3 Å². The molecule has 4 aromatic rings. The minimum atomic E-state index is -0.0999. The first-order valence-electron chi connectivity index (χ1n) is 7.93. The second-order valence-electron chi connectivity index (χ2n) is 5.95. The zero-order valence-corrected chi connectivity index (χ0v) is 16.2. The molecule has 0 unspecified atom stereocenters. The number of hydrogen-bond acceptors (Lipinski definition) is 5. The first kappa shape index (κ1) is 16.4. The summed E-state index contributed by atoms with van der Waals surface area (Å²) in [6, 6.07) is 10.1. The van der Waals surface area contributed by atoms with Crippen LogP contribution < -0.4 is 5.56 Å². The Labute approximate surface area is 156 Å². The zero-order valence-electron chi connectivity index (χ0n) is 13.8. The molecule has 0 aliphatic heterocycles. The molecule has 25 heavy (non-hydrogen) atoms. The Morgan fingerprint density at radius 2 is 1.96 bits per heavy atom. The van der Waals surface area contributed by atoms with Gasteiger partial charge < -0.3 is 0 Å². The lowest BCUT2D eigenvalue weighted by Gasteiger charge is -2.04. The maximum absolute atomic E-state index is 12.8. The van der Waals surface area contributed by atoms with Gasteiger partial charge in [-0.3, -0.25) is 4.79 Å². The number of thiophene rings is 1. The first-order chi connectivity index (χ1) is 12.1. The van der Waals surface area contributed by atoms with Crippen molar-refractivity contribution in [3.05, 3.63) is 62.0 Å². The van der Waals surface area contributed by atoms with Crippen molar-refractivity contribution >= 4 is 47.7 Å². The Morgan fingerprint density at radius 1 is 1.20 bits per heavy atom. The van der Waals surface area contributed by atoms with Crippen LogP contribution in [0.1, 0.15) is 16.8 Å². The van der Waals surface area contributed by atoms with E-state index in [1.807, 2.05) is 44.2 Å². The van der Waals surface area contributed by atoms with E-state index in [-0.39, 0.29) is 5.56 Å². The van der Waals surface area contributed by atoms with Crippen LogP contribution in [0.4, 0.5) is 0 Å². The van der Waals surface area contributed by atoms with Gasteiger partial charge in [0.25, 0.3) is 5.56 Å². The van der Waals surface area contributed by atoms with E-state index >= 15 is 0 Å². The average molecular weight is 415 g/mol. The third-order valence-corrected chi connectivity index (χ3v) is 6.52. The normalized spacial score (nSPS) is 11.5. The number of rotatable bonds is 3. The molecule has 5 nitrogen and oxygen atoms in total. The lowest BCUT2D eigenvalue weighted by atomic mass is 10.1. The van der Waals surface area contributed by atoms with E-state index in [9.17, 15) is 4.79 Å². The molecular weight excluding hydrogens is 400 g/mol. The predicted molar refractivity (Wildman–Crippen MR) is 104 cm³/mol. The maximum atomic E-state index is 12.8. The Morgan fingerprint density at radius 3 is 2.72 bits per heavy atom. The second kappa shape index (κ2) is 6.31. The number of aromatic nitrogens is 4. The van der Waals surface area contributed by atoms with Gasteiger partial charge in [0.2, 0.25) is 0 Å². The molecule has 7 heteroatoms. The van der Waals surface area contributed by atoms with Crippen molar-refractivity contribution in [3.8, 4) is 0 Å². The Bertz CT molecular complexity index is 1150. The summed E-state index contributed by atoms with van der Waals surface area (Å²) >= 11 is 4.96. The van der Waals surface area contributed by atoms with Gasteiger partial charge in [0.1, 0.15) is 15.0 Å². The lowest BCUT2D eigenvalue weighted by Crippen LogP contribution is -2.24. The number of hydrogen-bond donors (Lipinski definition) is 0. The van der Waals surface area contributed by atoms with Gasteiger partial charge in [0.15, 0.2) is 0 Å². The molecule has 0 aliphatic carbocycles. The summed E-state index contributed by atoms with van der Waals surface area (Å²) in [4.78, 5) is 18.3. The number of fused-ring (bicyclic) bond motifs is 3. The molecule has 1 aromatic carbocycles. The summed E-state index contributed by atoms with van der Waals surface area (Å²) < 4.78 is 3.02. The second-order valence-corrected chi connectivity index (χ2v) is 7.74. The Hall–Kier alpha value is -2.12. The quantitative estimate of drug-likeness (QED) is 0.507. The third-order valence-electron chi connectivity index (χ3n) is 4.29. The smallest absolute Gasteiger partial charge is 0.266 e. The molecule has 0 fully saturated rings. The van der Waals surface area contributed by atoms with Crippen molar-refractivity contribution in [1.29, 1.82) is 0 Å². The number of benzene rings is 1. The van der Waals surface area contributed by atoms with Crippen LogP contribution in [-0.2, 0) is 13.0 Å². The summed E-state index contributed by atoms with van der Waals surface area (Å²) in [5.41, 5.74) is 3.67. The fourth-order valence-electron chi connectivity index (χ4n) is 2.93. The van der Waals surface area contributed by atoms with Gasteiger partial charge in [0.05, 0.1) is 12.2 Å². The molecule has 0 saturated heterocycles. The number of aryl methyl sites for hydroxylation is 4. The van der Waals surface area contributed by atoms with E-state index in [1.54, 1.807) is 0 Å². The number of pyridine rings is 1. The number of halogens is 1. The molecule has 0 bridgehead atoms. The van der Waals surface area contributed by atoms with E-state index in [4.69, 9.17) is 0 Å².